The molecule has 1 aliphatic heterocycles. The monoisotopic (exact) mass is 757 g/mol. The van der Waals surface area contributed by atoms with E-state index in [4.69, 9.17) is 0 Å². The summed E-state index contributed by atoms with van der Waals surface area (Å²) in [6.45, 7) is 0. The predicted molar refractivity (Wildman–Crippen MR) is 246 cm³/mol. The summed E-state index contributed by atoms with van der Waals surface area (Å²) in [5.41, 5.74) is 10.9. The average molecular weight is 758 g/mol. The highest BCUT2D eigenvalue weighted by molar-refractivity contribution is 8.34. The van der Waals surface area contributed by atoms with Crippen molar-refractivity contribution in [2.24, 2.45) is 0 Å². The molecule has 0 unspecified atom stereocenters. The van der Waals surface area contributed by atoms with Crippen LogP contribution in [0.5, 0.6) is 0 Å². The first-order valence-electron chi connectivity index (χ1n) is 19.9. The molecule has 0 spiro atoms. The highest BCUT2D eigenvalue weighted by Gasteiger charge is 2.42. The average Bonchev–Trinajstić information content (AvgIpc) is 3.59. The van der Waals surface area contributed by atoms with E-state index in [1.54, 1.807) is 0 Å². The molecule has 10 aromatic carbocycles. The molecule has 0 radical (unpaired) electrons. The highest BCUT2D eigenvalue weighted by Crippen LogP contribution is 2.80. The second-order valence-corrected chi connectivity index (χ2v) is 17.9. The zero-order chi connectivity index (χ0) is 38.5. The van der Waals surface area contributed by atoms with Gasteiger partial charge in [-0.3, -0.25) is 0 Å². The lowest BCUT2D eigenvalue weighted by Crippen LogP contribution is -2.10. The molecule has 0 N–H and O–H groups in total. The maximum atomic E-state index is 2.53. The number of hydrogen-bond donors (Lipinski definition) is 0. The standard InChI is InChI=1S/C56H39NS/c1-5-18-40(19-6-1)48-30-15-20-42-21-16-31-49(56(42)48)41-34-36-45(37-35-41)57(44-23-7-2-8-24-44)53-32-17-22-43-38-52-50-29-13-14-33-54(50)58(55(52)39-51(43)53,46-25-9-3-10-26-46)47-27-11-4-12-28-47/h1-39H. The molecule has 274 valence electrons. The van der Waals surface area contributed by atoms with Crippen LogP contribution >= 0.6 is 10.0 Å². The van der Waals surface area contributed by atoms with E-state index in [9.17, 15) is 0 Å². The van der Waals surface area contributed by atoms with Gasteiger partial charge in [0.1, 0.15) is 0 Å². The van der Waals surface area contributed by atoms with Crippen LogP contribution in [0.4, 0.5) is 17.1 Å². The van der Waals surface area contributed by atoms with Gasteiger partial charge in [-0.15, -0.1) is 10.0 Å². The zero-order valence-corrected chi connectivity index (χ0v) is 32.7. The van der Waals surface area contributed by atoms with Gasteiger partial charge in [0.2, 0.25) is 0 Å². The molecular formula is C56H39NS. The first kappa shape index (κ1) is 34.1. The smallest absolute Gasteiger partial charge is 0.0540 e. The molecule has 1 nitrogen and oxygen atoms in total. The highest BCUT2D eigenvalue weighted by atomic mass is 32.3. The van der Waals surface area contributed by atoms with Crippen LogP contribution in [0.1, 0.15) is 0 Å². The molecule has 0 atom stereocenters. The van der Waals surface area contributed by atoms with Crippen molar-refractivity contribution < 1.29 is 0 Å². The van der Waals surface area contributed by atoms with Crippen LogP contribution in [0.2, 0.25) is 0 Å². The fourth-order valence-corrected chi connectivity index (χ4v) is 13.4. The van der Waals surface area contributed by atoms with Gasteiger partial charge in [0.05, 0.1) is 5.69 Å². The fraction of sp³-hybridized carbons (Fsp3) is 0. The normalized spacial score (nSPS) is 13.2. The number of fused-ring (bicyclic) bond motifs is 5. The predicted octanol–water partition coefficient (Wildman–Crippen LogP) is 16.1. The number of benzene rings is 10. The summed E-state index contributed by atoms with van der Waals surface area (Å²) in [4.78, 5) is 7.92. The van der Waals surface area contributed by atoms with Crippen molar-refractivity contribution in [3.05, 3.63) is 237 Å². The number of anilines is 3. The van der Waals surface area contributed by atoms with Crippen molar-refractivity contribution in [3.63, 3.8) is 0 Å². The first-order valence-corrected chi connectivity index (χ1v) is 21.5. The lowest BCUT2D eigenvalue weighted by molar-refractivity contribution is 1.28. The lowest BCUT2D eigenvalue weighted by Gasteiger charge is -2.39. The topological polar surface area (TPSA) is 3.24 Å². The molecule has 1 heterocycles. The summed E-state index contributed by atoms with van der Waals surface area (Å²) in [5.74, 6) is 0. The summed E-state index contributed by atoms with van der Waals surface area (Å²) in [7, 11) is -1.80. The minimum absolute atomic E-state index is 1.11. The van der Waals surface area contributed by atoms with E-state index < -0.39 is 10.0 Å². The van der Waals surface area contributed by atoms with E-state index in [2.05, 4.69) is 241 Å². The Bertz CT molecular complexity index is 3040. The third-order valence-electron chi connectivity index (χ3n) is 11.7. The molecule has 58 heavy (non-hydrogen) atoms. The van der Waals surface area contributed by atoms with E-state index >= 15 is 0 Å². The SMILES string of the molecule is c1ccc(-c2cccc3cccc(-c4ccc(N(c5ccccc5)c5cccc6cc7c(cc56)S(c5ccccc5)(c5ccccc5)c5ccccc5-7)cc4)c23)cc1. The second-order valence-electron chi connectivity index (χ2n) is 14.9. The van der Waals surface area contributed by atoms with Gasteiger partial charge in [-0.1, -0.05) is 164 Å². The van der Waals surface area contributed by atoms with E-state index in [1.807, 2.05) is 0 Å². The van der Waals surface area contributed by atoms with Crippen LogP contribution in [0.3, 0.4) is 0 Å². The van der Waals surface area contributed by atoms with E-state index in [0.717, 1.165) is 17.1 Å². The Morgan fingerprint density at radius 1 is 0.310 bits per heavy atom. The Hall–Kier alpha value is -7.13. The summed E-state index contributed by atoms with van der Waals surface area (Å²) >= 11 is 0. The van der Waals surface area contributed by atoms with Crippen molar-refractivity contribution in [2.45, 2.75) is 19.6 Å². The lowest BCUT2D eigenvalue weighted by atomic mass is 9.91. The van der Waals surface area contributed by atoms with Crippen LogP contribution in [0, 0.1) is 0 Å². The third kappa shape index (κ3) is 5.41. The Kier molecular flexibility index (Phi) is 8.31. The molecule has 0 saturated heterocycles. The van der Waals surface area contributed by atoms with Crippen molar-refractivity contribution in [1.82, 2.24) is 0 Å². The first-order chi connectivity index (χ1) is 28.8. The Morgan fingerprint density at radius 3 is 1.47 bits per heavy atom. The fourth-order valence-electron chi connectivity index (χ4n) is 9.15. The maximum absolute atomic E-state index is 2.53. The van der Waals surface area contributed by atoms with E-state index in [0.29, 0.717) is 0 Å². The Morgan fingerprint density at radius 2 is 0.810 bits per heavy atom. The summed E-state index contributed by atoms with van der Waals surface area (Å²) in [6, 6.07) is 87.2. The van der Waals surface area contributed by atoms with Crippen molar-refractivity contribution in [1.29, 1.82) is 0 Å². The molecule has 2 heteroatoms. The minimum atomic E-state index is -1.80. The van der Waals surface area contributed by atoms with Crippen LogP contribution in [-0.4, -0.2) is 0 Å². The van der Waals surface area contributed by atoms with Crippen molar-refractivity contribution in [2.75, 3.05) is 4.90 Å². The van der Waals surface area contributed by atoms with Crippen molar-refractivity contribution in [3.8, 4) is 33.4 Å². The Labute approximate surface area is 341 Å². The number of hydrogen-bond acceptors (Lipinski definition) is 1. The molecule has 0 aliphatic carbocycles. The van der Waals surface area contributed by atoms with Crippen molar-refractivity contribution >= 4 is 48.6 Å². The molecule has 0 amide bonds. The van der Waals surface area contributed by atoms with Gasteiger partial charge in [0.15, 0.2) is 0 Å². The maximum Gasteiger partial charge on any atom is 0.0540 e. The van der Waals surface area contributed by atoms with Gasteiger partial charge >= 0.3 is 0 Å². The van der Waals surface area contributed by atoms with Gasteiger partial charge in [0, 0.05) is 36.3 Å². The Balaban J connectivity index is 1.11. The molecular weight excluding hydrogens is 719 g/mol. The number of rotatable bonds is 7. The van der Waals surface area contributed by atoms with Gasteiger partial charge < -0.3 is 4.90 Å². The summed E-state index contributed by atoms with van der Waals surface area (Å²) in [6.07, 6.45) is 0. The molecule has 0 bridgehead atoms. The van der Waals surface area contributed by atoms with Gasteiger partial charge in [-0.05, 0) is 122 Å². The van der Waals surface area contributed by atoms with Gasteiger partial charge in [-0.2, -0.15) is 0 Å². The largest absolute Gasteiger partial charge is 0.310 e. The quantitative estimate of drug-likeness (QED) is 0.156. The molecule has 1 aliphatic rings. The molecule has 0 fully saturated rings. The minimum Gasteiger partial charge on any atom is -0.310 e. The van der Waals surface area contributed by atoms with E-state index in [1.165, 1.54) is 74.5 Å². The zero-order valence-electron chi connectivity index (χ0n) is 31.9. The molecule has 0 aromatic heterocycles. The van der Waals surface area contributed by atoms with Crippen LogP contribution in [0.15, 0.2) is 256 Å². The van der Waals surface area contributed by atoms with Crippen LogP contribution < -0.4 is 4.90 Å². The number of para-hydroxylation sites is 1. The molecule has 10 aromatic rings. The molecule has 11 rings (SSSR count). The summed E-state index contributed by atoms with van der Waals surface area (Å²) in [5, 5.41) is 4.97. The number of nitrogens with zero attached hydrogens (tertiary/aromatic N) is 1. The summed E-state index contributed by atoms with van der Waals surface area (Å²) < 4.78 is 0. The van der Waals surface area contributed by atoms with Gasteiger partial charge in [-0.25, -0.2) is 0 Å². The van der Waals surface area contributed by atoms with Gasteiger partial charge in [0.25, 0.3) is 0 Å². The van der Waals surface area contributed by atoms with Crippen LogP contribution in [0.25, 0.3) is 54.9 Å². The van der Waals surface area contributed by atoms with Crippen LogP contribution in [-0.2, 0) is 0 Å². The van der Waals surface area contributed by atoms with E-state index in [-0.39, 0.29) is 0 Å². The third-order valence-corrected chi connectivity index (χ3v) is 15.6. The second kappa shape index (κ2) is 14.1. The molecule has 0 saturated carbocycles.